The topological polar surface area (TPSA) is 23.6 Å². The predicted molar refractivity (Wildman–Crippen MR) is 101 cm³/mol. The maximum absolute atomic E-state index is 13.0. The second kappa shape index (κ2) is 8.22. The molecule has 1 aliphatic heterocycles. The Kier molecular flexibility index (Phi) is 5.93. The molecular weight excluding hydrogens is 396 g/mol. The Morgan fingerprint density at radius 1 is 1.00 bits per heavy atom. The van der Waals surface area contributed by atoms with Crippen LogP contribution in [0.4, 0.5) is 23.2 Å². The second-order valence-electron chi connectivity index (χ2n) is 6.36. The number of alkyl halides is 3. The molecule has 0 atom stereocenters. The largest absolute Gasteiger partial charge is 0.416 e. The first-order valence-electron chi connectivity index (χ1n) is 8.58. The lowest BCUT2D eigenvalue weighted by Crippen LogP contribution is -2.48. The lowest BCUT2D eigenvalue weighted by molar-refractivity contribution is -0.137. The van der Waals surface area contributed by atoms with Crippen molar-refractivity contribution in [2.75, 3.05) is 31.1 Å². The van der Waals surface area contributed by atoms with Crippen molar-refractivity contribution in [3.63, 3.8) is 0 Å². The van der Waals surface area contributed by atoms with Gasteiger partial charge in [0.25, 0.3) is 0 Å². The maximum Gasteiger partial charge on any atom is 0.416 e. The SMILES string of the molecule is O=C(/C=C/c1cc(C(F)(F)F)ccc1Cl)N1CCN(c2ccc(F)cc2)CC1. The van der Waals surface area contributed by atoms with E-state index >= 15 is 0 Å². The highest BCUT2D eigenvalue weighted by Crippen LogP contribution is 2.32. The molecule has 2 aromatic carbocycles. The summed E-state index contributed by atoms with van der Waals surface area (Å²) >= 11 is 5.94. The number of carbonyl (C=O) groups is 1. The van der Waals surface area contributed by atoms with Gasteiger partial charge < -0.3 is 9.80 Å². The molecule has 1 aliphatic rings. The Labute approximate surface area is 164 Å². The van der Waals surface area contributed by atoms with E-state index in [9.17, 15) is 22.4 Å². The third-order valence-corrected chi connectivity index (χ3v) is 4.86. The first-order valence-corrected chi connectivity index (χ1v) is 8.96. The monoisotopic (exact) mass is 412 g/mol. The third kappa shape index (κ3) is 4.84. The summed E-state index contributed by atoms with van der Waals surface area (Å²) in [6, 6.07) is 9.11. The van der Waals surface area contributed by atoms with E-state index in [0.717, 1.165) is 23.9 Å². The Balaban J connectivity index is 1.62. The average Bonchev–Trinajstić information content (AvgIpc) is 2.67. The van der Waals surface area contributed by atoms with Gasteiger partial charge in [0.1, 0.15) is 5.82 Å². The molecule has 3 rings (SSSR count). The number of benzene rings is 2. The smallest absolute Gasteiger partial charge is 0.368 e. The van der Waals surface area contributed by atoms with Crippen molar-refractivity contribution in [1.82, 2.24) is 4.90 Å². The molecule has 0 unspecified atom stereocenters. The third-order valence-electron chi connectivity index (χ3n) is 4.51. The van der Waals surface area contributed by atoms with Crippen molar-refractivity contribution < 1.29 is 22.4 Å². The van der Waals surface area contributed by atoms with Crippen LogP contribution in [0.1, 0.15) is 11.1 Å². The van der Waals surface area contributed by atoms with Crippen LogP contribution in [0.2, 0.25) is 5.02 Å². The predicted octanol–water partition coefficient (Wildman–Crippen LogP) is 4.86. The molecule has 1 heterocycles. The van der Waals surface area contributed by atoms with Gasteiger partial charge in [0.15, 0.2) is 0 Å². The van der Waals surface area contributed by atoms with E-state index in [1.807, 2.05) is 4.90 Å². The summed E-state index contributed by atoms with van der Waals surface area (Å²) in [6.07, 6.45) is -1.95. The van der Waals surface area contributed by atoms with E-state index in [4.69, 9.17) is 11.6 Å². The Bertz CT molecular complexity index is 873. The van der Waals surface area contributed by atoms with E-state index in [1.165, 1.54) is 24.3 Å². The van der Waals surface area contributed by atoms with Gasteiger partial charge in [-0.05, 0) is 54.1 Å². The fourth-order valence-corrected chi connectivity index (χ4v) is 3.13. The molecule has 0 spiro atoms. The molecule has 0 radical (unpaired) electrons. The minimum atomic E-state index is -4.48. The zero-order valence-electron chi connectivity index (χ0n) is 14.7. The van der Waals surface area contributed by atoms with Crippen molar-refractivity contribution >= 4 is 29.3 Å². The van der Waals surface area contributed by atoms with Crippen molar-refractivity contribution in [2.24, 2.45) is 0 Å². The van der Waals surface area contributed by atoms with Gasteiger partial charge in [-0.1, -0.05) is 11.6 Å². The lowest BCUT2D eigenvalue weighted by Gasteiger charge is -2.35. The normalized spacial score (nSPS) is 15.3. The van der Waals surface area contributed by atoms with Crippen LogP contribution < -0.4 is 4.90 Å². The number of hydrogen-bond acceptors (Lipinski definition) is 2. The van der Waals surface area contributed by atoms with Gasteiger partial charge in [0.2, 0.25) is 5.91 Å². The second-order valence-corrected chi connectivity index (χ2v) is 6.76. The van der Waals surface area contributed by atoms with Gasteiger partial charge in [-0.2, -0.15) is 13.2 Å². The molecule has 8 heteroatoms. The van der Waals surface area contributed by atoms with Crippen molar-refractivity contribution in [3.8, 4) is 0 Å². The highest BCUT2D eigenvalue weighted by molar-refractivity contribution is 6.32. The van der Waals surface area contributed by atoms with Crippen LogP contribution in [0.5, 0.6) is 0 Å². The zero-order chi connectivity index (χ0) is 20.3. The summed E-state index contributed by atoms with van der Waals surface area (Å²) < 4.78 is 51.5. The van der Waals surface area contributed by atoms with Gasteiger partial charge in [0, 0.05) is 43.0 Å². The molecule has 2 aromatic rings. The molecule has 28 heavy (non-hydrogen) atoms. The highest BCUT2D eigenvalue weighted by Gasteiger charge is 2.30. The average molecular weight is 413 g/mol. The fraction of sp³-hybridized carbons (Fsp3) is 0.250. The van der Waals surface area contributed by atoms with E-state index in [2.05, 4.69) is 0 Å². The Morgan fingerprint density at radius 2 is 1.64 bits per heavy atom. The molecule has 0 aromatic heterocycles. The lowest BCUT2D eigenvalue weighted by atomic mass is 10.1. The molecule has 148 valence electrons. The molecule has 1 amide bonds. The molecule has 0 N–H and O–H groups in total. The summed E-state index contributed by atoms with van der Waals surface area (Å²) in [5.41, 5.74) is 0.187. The van der Waals surface area contributed by atoms with Crippen LogP contribution in [-0.2, 0) is 11.0 Å². The number of nitrogens with zero attached hydrogens (tertiary/aromatic N) is 2. The van der Waals surface area contributed by atoms with E-state index in [-0.39, 0.29) is 22.3 Å². The van der Waals surface area contributed by atoms with Crippen molar-refractivity contribution in [1.29, 1.82) is 0 Å². The van der Waals surface area contributed by atoms with E-state index in [1.54, 1.807) is 17.0 Å². The number of amides is 1. The van der Waals surface area contributed by atoms with Crippen LogP contribution in [0, 0.1) is 5.82 Å². The van der Waals surface area contributed by atoms with Gasteiger partial charge in [0.05, 0.1) is 5.56 Å². The summed E-state index contributed by atoms with van der Waals surface area (Å²) in [5, 5.41) is 0.137. The number of carbonyl (C=O) groups excluding carboxylic acids is 1. The maximum atomic E-state index is 13.0. The van der Waals surface area contributed by atoms with Crippen LogP contribution >= 0.6 is 11.6 Å². The highest BCUT2D eigenvalue weighted by atomic mass is 35.5. The van der Waals surface area contributed by atoms with Crippen LogP contribution in [0.15, 0.2) is 48.5 Å². The summed E-state index contributed by atoms with van der Waals surface area (Å²) in [4.78, 5) is 16.0. The molecular formula is C20H17ClF4N2O. The Hall–Kier alpha value is -2.54. The molecule has 0 bridgehead atoms. The molecule has 0 saturated carbocycles. The molecule has 1 saturated heterocycles. The first-order chi connectivity index (χ1) is 13.2. The van der Waals surface area contributed by atoms with Crippen LogP contribution in [-0.4, -0.2) is 37.0 Å². The first kappa shape index (κ1) is 20.2. The summed E-state index contributed by atoms with van der Waals surface area (Å²) in [5.74, 6) is -0.608. The van der Waals surface area contributed by atoms with Gasteiger partial charge >= 0.3 is 6.18 Å². The van der Waals surface area contributed by atoms with Crippen molar-refractivity contribution in [3.05, 3.63) is 70.5 Å². The minimum absolute atomic E-state index is 0.134. The number of piperazine rings is 1. The van der Waals surface area contributed by atoms with Crippen LogP contribution in [0.25, 0.3) is 6.08 Å². The number of anilines is 1. The zero-order valence-corrected chi connectivity index (χ0v) is 15.5. The van der Waals surface area contributed by atoms with Crippen LogP contribution in [0.3, 0.4) is 0 Å². The molecule has 1 fully saturated rings. The summed E-state index contributed by atoms with van der Waals surface area (Å²) in [7, 11) is 0. The van der Waals surface area contributed by atoms with E-state index < -0.39 is 11.7 Å². The van der Waals surface area contributed by atoms with Gasteiger partial charge in [-0.15, -0.1) is 0 Å². The van der Waals surface area contributed by atoms with Gasteiger partial charge in [-0.3, -0.25) is 4.79 Å². The fourth-order valence-electron chi connectivity index (χ4n) is 2.95. The van der Waals surface area contributed by atoms with E-state index in [0.29, 0.717) is 26.2 Å². The quantitative estimate of drug-likeness (QED) is 0.531. The van der Waals surface area contributed by atoms with Crippen molar-refractivity contribution in [2.45, 2.75) is 6.18 Å². The van der Waals surface area contributed by atoms with Gasteiger partial charge in [-0.25, -0.2) is 4.39 Å². The Morgan fingerprint density at radius 3 is 2.25 bits per heavy atom. The summed E-state index contributed by atoms with van der Waals surface area (Å²) in [6.45, 7) is 2.07. The number of halogens is 5. The number of rotatable bonds is 3. The standard InChI is InChI=1S/C20H17ClF4N2O/c21-18-7-2-15(20(23,24)25)13-14(18)1-8-19(28)27-11-9-26(10-12-27)17-5-3-16(22)4-6-17/h1-8,13H,9-12H2/b8-1+. The minimum Gasteiger partial charge on any atom is -0.368 e. The molecule has 3 nitrogen and oxygen atoms in total. The molecule has 0 aliphatic carbocycles. The number of hydrogen-bond donors (Lipinski definition) is 0.